The number of nitrogens with one attached hydrogen (secondary N) is 1. The molecule has 0 amide bonds. The molecule has 0 bridgehead atoms. The van der Waals surface area contributed by atoms with Crippen molar-refractivity contribution in [1.82, 2.24) is 10.2 Å². The molecule has 1 saturated heterocycles. The number of hydrogen-bond acceptors (Lipinski definition) is 3. The zero-order valence-electron chi connectivity index (χ0n) is 12.6. The molecule has 20 heavy (non-hydrogen) atoms. The van der Waals surface area contributed by atoms with E-state index in [0.717, 1.165) is 38.7 Å². The molecule has 4 nitrogen and oxygen atoms in total. The van der Waals surface area contributed by atoms with E-state index in [1.54, 1.807) is 11.3 Å². The molecule has 112 valence electrons. The van der Waals surface area contributed by atoms with Gasteiger partial charge in [-0.15, -0.1) is 0 Å². The summed E-state index contributed by atoms with van der Waals surface area (Å²) < 4.78 is 5.43. The van der Waals surface area contributed by atoms with E-state index in [2.05, 4.69) is 46.0 Å². The maximum absolute atomic E-state index is 5.43. The Hall–Kier alpha value is -1.07. The number of thiophene rings is 1. The third-order valence-electron chi connectivity index (χ3n) is 3.81. The molecule has 1 N–H and O–H groups in total. The predicted molar refractivity (Wildman–Crippen MR) is 85.7 cm³/mol. The fourth-order valence-corrected chi connectivity index (χ4v) is 3.29. The minimum Gasteiger partial charge on any atom is -0.381 e. The second kappa shape index (κ2) is 7.64. The first kappa shape index (κ1) is 15.3. The van der Waals surface area contributed by atoms with Gasteiger partial charge in [0, 0.05) is 39.7 Å². The van der Waals surface area contributed by atoms with Crippen LogP contribution in [0.2, 0.25) is 0 Å². The molecule has 1 aromatic rings. The topological polar surface area (TPSA) is 36.9 Å². The molecule has 0 aliphatic carbocycles. The van der Waals surface area contributed by atoms with Crippen molar-refractivity contribution < 1.29 is 4.74 Å². The molecule has 0 radical (unpaired) electrons. The van der Waals surface area contributed by atoms with Crippen LogP contribution in [0.15, 0.2) is 21.8 Å². The normalized spacial score (nSPS) is 20.9. The monoisotopic (exact) mass is 295 g/mol. The van der Waals surface area contributed by atoms with Gasteiger partial charge in [-0.05, 0) is 34.7 Å². The van der Waals surface area contributed by atoms with E-state index in [0.29, 0.717) is 11.8 Å². The zero-order valence-corrected chi connectivity index (χ0v) is 13.4. The van der Waals surface area contributed by atoms with E-state index in [-0.39, 0.29) is 0 Å². The van der Waals surface area contributed by atoms with Crippen molar-refractivity contribution >= 4 is 17.3 Å². The van der Waals surface area contributed by atoms with E-state index >= 15 is 0 Å². The van der Waals surface area contributed by atoms with E-state index in [4.69, 9.17) is 4.74 Å². The van der Waals surface area contributed by atoms with Crippen molar-refractivity contribution in [2.45, 2.75) is 19.3 Å². The average Bonchev–Trinajstić information content (AvgIpc) is 3.12. The lowest BCUT2D eigenvalue weighted by molar-refractivity contribution is 0.181. The van der Waals surface area contributed by atoms with Gasteiger partial charge in [0.25, 0.3) is 0 Å². The molecule has 1 fully saturated rings. The summed E-state index contributed by atoms with van der Waals surface area (Å²) in [6, 6.07) is 2.19. The van der Waals surface area contributed by atoms with Crippen molar-refractivity contribution in [3.8, 4) is 0 Å². The molecule has 5 heteroatoms. The summed E-state index contributed by atoms with van der Waals surface area (Å²) in [6.07, 6.45) is 1.16. The van der Waals surface area contributed by atoms with Crippen LogP contribution in [0.4, 0.5) is 0 Å². The summed E-state index contributed by atoms with van der Waals surface area (Å²) in [7, 11) is 3.95. The first-order valence-electron chi connectivity index (χ1n) is 7.22. The van der Waals surface area contributed by atoms with Crippen LogP contribution in [-0.2, 0) is 4.74 Å². The number of nitrogens with zero attached hydrogens (tertiary/aromatic N) is 2. The Labute approximate surface area is 125 Å². The fourth-order valence-electron chi connectivity index (χ4n) is 2.50. The smallest absolute Gasteiger partial charge is 0.193 e. The van der Waals surface area contributed by atoms with Crippen LogP contribution in [0.25, 0.3) is 0 Å². The lowest BCUT2D eigenvalue weighted by Crippen LogP contribution is -2.42. The number of guanidine groups is 1. The molecule has 2 heterocycles. The Morgan fingerprint density at radius 3 is 3.10 bits per heavy atom. The maximum Gasteiger partial charge on any atom is 0.193 e. The van der Waals surface area contributed by atoms with Gasteiger partial charge in [0.05, 0.1) is 6.61 Å². The molecule has 2 rings (SSSR count). The number of aliphatic imine (C=N–C) groups is 1. The van der Waals surface area contributed by atoms with Crippen LogP contribution in [0.5, 0.6) is 0 Å². The zero-order chi connectivity index (χ0) is 14.4. The highest BCUT2D eigenvalue weighted by Crippen LogP contribution is 2.17. The Bertz CT molecular complexity index is 413. The van der Waals surface area contributed by atoms with Crippen LogP contribution in [0, 0.1) is 5.92 Å². The van der Waals surface area contributed by atoms with E-state index in [1.165, 1.54) is 5.56 Å². The maximum atomic E-state index is 5.43. The second-order valence-corrected chi connectivity index (χ2v) is 6.28. The molecular formula is C15H25N3OS. The Balaban J connectivity index is 1.79. The summed E-state index contributed by atoms with van der Waals surface area (Å²) in [6.45, 7) is 5.95. The summed E-state index contributed by atoms with van der Waals surface area (Å²) in [5, 5.41) is 7.82. The van der Waals surface area contributed by atoms with Gasteiger partial charge in [-0.2, -0.15) is 11.3 Å². The van der Waals surface area contributed by atoms with Crippen LogP contribution >= 0.6 is 11.3 Å². The Kier molecular flexibility index (Phi) is 5.86. The Morgan fingerprint density at radius 1 is 1.65 bits per heavy atom. The number of ether oxygens (including phenoxy) is 1. The molecule has 2 atom stereocenters. The van der Waals surface area contributed by atoms with Crippen molar-refractivity contribution in [1.29, 1.82) is 0 Å². The van der Waals surface area contributed by atoms with Gasteiger partial charge < -0.3 is 15.0 Å². The first-order valence-corrected chi connectivity index (χ1v) is 8.16. The quantitative estimate of drug-likeness (QED) is 0.669. The molecule has 0 saturated carbocycles. The minimum absolute atomic E-state index is 0.501. The van der Waals surface area contributed by atoms with Gasteiger partial charge in [-0.1, -0.05) is 6.92 Å². The van der Waals surface area contributed by atoms with Gasteiger partial charge in [0.15, 0.2) is 5.96 Å². The van der Waals surface area contributed by atoms with Gasteiger partial charge in [-0.25, -0.2) is 0 Å². The van der Waals surface area contributed by atoms with Gasteiger partial charge in [0.2, 0.25) is 0 Å². The molecule has 2 unspecified atom stereocenters. The van der Waals surface area contributed by atoms with Gasteiger partial charge in [-0.3, -0.25) is 4.99 Å². The van der Waals surface area contributed by atoms with Crippen molar-refractivity contribution in [2.24, 2.45) is 10.9 Å². The predicted octanol–water partition coefficient (Wildman–Crippen LogP) is 2.40. The second-order valence-electron chi connectivity index (χ2n) is 5.50. The third kappa shape index (κ3) is 4.21. The van der Waals surface area contributed by atoms with Gasteiger partial charge in [0.1, 0.15) is 0 Å². The fraction of sp³-hybridized carbons (Fsp3) is 0.667. The lowest BCUT2D eigenvalue weighted by atomic mass is 10.1. The van der Waals surface area contributed by atoms with Crippen LogP contribution in [0.1, 0.15) is 24.8 Å². The van der Waals surface area contributed by atoms with E-state index < -0.39 is 0 Å². The first-order chi connectivity index (χ1) is 9.70. The van der Waals surface area contributed by atoms with E-state index in [9.17, 15) is 0 Å². The SMILES string of the molecule is CN=C(NCC(C)c1ccsc1)N(C)CC1CCOC1. The molecule has 1 aromatic heterocycles. The van der Waals surface area contributed by atoms with Crippen molar-refractivity contribution in [3.63, 3.8) is 0 Å². The molecule has 0 aromatic carbocycles. The molecule has 0 spiro atoms. The average molecular weight is 295 g/mol. The molecular weight excluding hydrogens is 270 g/mol. The number of hydrogen-bond donors (Lipinski definition) is 1. The van der Waals surface area contributed by atoms with Crippen LogP contribution in [0.3, 0.4) is 0 Å². The minimum atomic E-state index is 0.501. The highest BCUT2D eigenvalue weighted by atomic mass is 32.1. The third-order valence-corrected chi connectivity index (χ3v) is 4.51. The van der Waals surface area contributed by atoms with E-state index in [1.807, 2.05) is 7.05 Å². The molecule has 1 aliphatic heterocycles. The highest BCUT2D eigenvalue weighted by molar-refractivity contribution is 7.07. The summed E-state index contributed by atoms with van der Waals surface area (Å²) in [5.74, 6) is 2.10. The standard InChI is InChI=1S/C15H25N3OS/c1-12(14-5-7-20-11-14)8-17-15(16-2)18(3)9-13-4-6-19-10-13/h5,7,11-13H,4,6,8-10H2,1-3H3,(H,16,17). The highest BCUT2D eigenvalue weighted by Gasteiger charge is 2.19. The van der Waals surface area contributed by atoms with Crippen LogP contribution < -0.4 is 5.32 Å². The van der Waals surface area contributed by atoms with Gasteiger partial charge >= 0.3 is 0 Å². The summed E-state index contributed by atoms with van der Waals surface area (Å²) >= 11 is 1.75. The lowest BCUT2D eigenvalue weighted by Gasteiger charge is -2.25. The van der Waals surface area contributed by atoms with Crippen molar-refractivity contribution in [2.75, 3.05) is 40.4 Å². The van der Waals surface area contributed by atoms with Crippen LogP contribution in [-0.4, -0.2) is 51.3 Å². The summed E-state index contributed by atoms with van der Waals surface area (Å²) in [4.78, 5) is 6.58. The Morgan fingerprint density at radius 2 is 2.50 bits per heavy atom. The van der Waals surface area contributed by atoms with Crippen molar-refractivity contribution in [3.05, 3.63) is 22.4 Å². The number of rotatable bonds is 5. The largest absolute Gasteiger partial charge is 0.381 e. The summed E-state index contributed by atoms with van der Waals surface area (Å²) in [5.41, 5.74) is 1.39. The molecule has 1 aliphatic rings.